The van der Waals surface area contributed by atoms with Crippen molar-refractivity contribution in [2.75, 3.05) is 11.8 Å². The number of hydrogen-bond acceptors (Lipinski definition) is 7. The van der Waals surface area contributed by atoms with E-state index in [1.807, 2.05) is 0 Å². The molecule has 0 unspecified atom stereocenters. The number of methoxy groups -OCH3 is 1. The number of rotatable bonds is 8. The van der Waals surface area contributed by atoms with Crippen LogP contribution in [0.2, 0.25) is 0 Å². The van der Waals surface area contributed by atoms with Gasteiger partial charge in [0.25, 0.3) is 10.0 Å². The lowest BCUT2D eigenvalue weighted by atomic mass is 10.2. The van der Waals surface area contributed by atoms with Crippen LogP contribution in [0.15, 0.2) is 88.3 Å². The van der Waals surface area contributed by atoms with Gasteiger partial charge in [0.15, 0.2) is 12.4 Å². The van der Waals surface area contributed by atoms with Crippen molar-refractivity contribution in [2.45, 2.75) is 11.5 Å². The molecule has 1 heterocycles. The van der Waals surface area contributed by atoms with Gasteiger partial charge in [-0.05, 0) is 60.7 Å². The maximum absolute atomic E-state index is 13.1. The number of esters is 1. The van der Waals surface area contributed by atoms with Crippen molar-refractivity contribution in [3.05, 3.63) is 96.3 Å². The van der Waals surface area contributed by atoms with Crippen LogP contribution in [0.1, 0.15) is 16.2 Å². The summed E-state index contributed by atoms with van der Waals surface area (Å²) in [5.41, 5.74) is 0.692. The quantitative estimate of drug-likeness (QED) is 0.364. The number of halogens is 1. The molecule has 0 radical (unpaired) electrons. The lowest BCUT2D eigenvalue weighted by Crippen LogP contribution is -2.16. The first-order valence-electron chi connectivity index (χ1n) is 9.99. The highest BCUT2D eigenvalue weighted by Gasteiger charge is 2.20. The molecular formula is C24H19FN2O6S. The number of aromatic nitrogens is 1. The maximum Gasteiger partial charge on any atom is 0.340 e. The van der Waals surface area contributed by atoms with E-state index in [0.717, 1.165) is 0 Å². The van der Waals surface area contributed by atoms with E-state index in [-0.39, 0.29) is 34.5 Å². The standard InChI is InChI=1S/C24H19FN2O6S/c1-31-18-10-12-19(13-11-18)34(29,30)27-21-5-3-2-4-20(21)24(28)32-15-23-26-14-22(33-23)16-6-8-17(25)9-7-16/h2-14,27H,15H2,1H3. The molecule has 4 aromatic rings. The first kappa shape index (κ1) is 23.0. The van der Waals surface area contributed by atoms with Crippen LogP contribution in [0.3, 0.4) is 0 Å². The fourth-order valence-corrected chi connectivity index (χ4v) is 4.12. The van der Waals surface area contributed by atoms with E-state index in [1.165, 1.54) is 74.0 Å². The number of sulfonamides is 1. The second kappa shape index (κ2) is 9.75. The topological polar surface area (TPSA) is 108 Å². The van der Waals surface area contributed by atoms with Gasteiger partial charge in [-0.3, -0.25) is 4.72 Å². The van der Waals surface area contributed by atoms with Gasteiger partial charge in [-0.15, -0.1) is 0 Å². The van der Waals surface area contributed by atoms with Crippen molar-refractivity contribution in [2.24, 2.45) is 0 Å². The van der Waals surface area contributed by atoms with E-state index in [9.17, 15) is 17.6 Å². The molecule has 3 aromatic carbocycles. The molecule has 0 saturated carbocycles. The summed E-state index contributed by atoms with van der Waals surface area (Å²) < 4.78 is 56.9. The van der Waals surface area contributed by atoms with Crippen molar-refractivity contribution in [1.29, 1.82) is 0 Å². The number of carbonyl (C=O) groups is 1. The monoisotopic (exact) mass is 482 g/mol. The molecular weight excluding hydrogens is 463 g/mol. The molecule has 0 aliphatic carbocycles. The minimum absolute atomic E-state index is 0.00424. The summed E-state index contributed by atoms with van der Waals surface area (Å²) in [4.78, 5) is 16.7. The van der Waals surface area contributed by atoms with Gasteiger partial charge in [0, 0.05) is 5.56 Å². The van der Waals surface area contributed by atoms with Crippen LogP contribution in [0.4, 0.5) is 10.1 Å². The highest BCUT2D eigenvalue weighted by Crippen LogP contribution is 2.24. The third-order valence-electron chi connectivity index (χ3n) is 4.77. The zero-order chi connectivity index (χ0) is 24.1. The Kier molecular flexibility index (Phi) is 6.60. The molecule has 4 rings (SSSR count). The third kappa shape index (κ3) is 5.24. The van der Waals surface area contributed by atoms with Crippen LogP contribution in [-0.2, 0) is 21.4 Å². The Bertz CT molecular complexity index is 1400. The van der Waals surface area contributed by atoms with Crippen molar-refractivity contribution in [3.8, 4) is 17.1 Å². The molecule has 34 heavy (non-hydrogen) atoms. The Morgan fingerprint density at radius 1 is 1.03 bits per heavy atom. The fraction of sp³-hybridized carbons (Fsp3) is 0.0833. The van der Waals surface area contributed by atoms with E-state index in [4.69, 9.17) is 13.9 Å². The molecule has 0 bridgehead atoms. The molecule has 0 saturated heterocycles. The second-order valence-electron chi connectivity index (χ2n) is 7.03. The summed E-state index contributed by atoms with van der Waals surface area (Å²) >= 11 is 0. The van der Waals surface area contributed by atoms with E-state index in [1.54, 1.807) is 12.1 Å². The highest BCUT2D eigenvalue weighted by molar-refractivity contribution is 7.92. The second-order valence-corrected chi connectivity index (χ2v) is 8.71. The number of para-hydroxylation sites is 1. The number of benzene rings is 3. The van der Waals surface area contributed by atoms with Gasteiger partial charge < -0.3 is 13.9 Å². The third-order valence-corrected chi connectivity index (χ3v) is 6.15. The van der Waals surface area contributed by atoms with Crippen LogP contribution < -0.4 is 9.46 Å². The summed E-state index contributed by atoms with van der Waals surface area (Å²) in [6, 6.07) is 17.5. The molecule has 8 nitrogen and oxygen atoms in total. The molecule has 0 fully saturated rings. The molecule has 0 spiro atoms. The molecule has 10 heteroatoms. The van der Waals surface area contributed by atoms with Crippen LogP contribution in [-0.4, -0.2) is 26.5 Å². The summed E-state index contributed by atoms with van der Waals surface area (Å²) in [5.74, 6) is -0.118. The molecule has 0 aliphatic rings. The Morgan fingerprint density at radius 3 is 2.44 bits per heavy atom. The fourth-order valence-electron chi connectivity index (χ4n) is 3.04. The average Bonchev–Trinajstić information content (AvgIpc) is 3.32. The molecule has 0 aliphatic heterocycles. The number of oxazole rings is 1. The Labute approximate surface area is 195 Å². The summed E-state index contributed by atoms with van der Waals surface area (Å²) in [6.45, 7) is -0.278. The van der Waals surface area contributed by atoms with E-state index >= 15 is 0 Å². The predicted octanol–water partition coefficient (Wildman–Crippen LogP) is 4.65. The summed E-state index contributed by atoms with van der Waals surface area (Å²) in [7, 11) is -2.49. The number of anilines is 1. The van der Waals surface area contributed by atoms with Crippen LogP contribution >= 0.6 is 0 Å². The largest absolute Gasteiger partial charge is 0.497 e. The van der Waals surface area contributed by atoms with Gasteiger partial charge >= 0.3 is 5.97 Å². The highest BCUT2D eigenvalue weighted by atomic mass is 32.2. The SMILES string of the molecule is COc1ccc(S(=O)(=O)Nc2ccccc2C(=O)OCc2ncc(-c3ccc(F)cc3)o2)cc1. The van der Waals surface area contributed by atoms with Crippen molar-refractivity contribution in [3.63, 3.8) is 0 Å². The lowest BCUT2D eigenvalue weighted by Gasteiger charge is -2.12. The van der Waals surface area contributed by atoms with Crippen LogP contribution in [0, 0.1) is 5.82 Å². The van der Waals surface area contributed by atoms with Crippen molar-refractivity contribution in [1.82, 2.24) is 4.98 Å². The van der Waals surface area contributed by atoms with Gasteiger partial charge in [-0.25, -0.2) is 22.6 Å². The van der Waals surface area contributed by atoms with Gasteiger partial charge in [0.1, 0.15) is 11.6 Å². The Balaban J connectivity index is 1.46. The Hall–Kier alpha value is -4.18. The zero-order valence-electron chi connectivity index (χ0n) is 17.9. The lowest BCUT2D eigenvalue weighted by molar-refractivity contribution is 0.0440. The zero-order valence-corrected chi connectivity index (χ0v) is 18.7. The van der Waals surface area contributed by atoms with Gasteiger partial charge in [-0.1, -0.05) is 12.1 Å². The number of carbonyl (C=O) groups excluding carboxylic acids is 1. The molecule has 0 amide bonds. The Morgan fingerprint density at radius 2 is 1.74 bits per heavy atom. The molecule has 174 valence electrons. The maximum atomic E-state index is 13.1. The molecule has 1 aromatic heterocycles. The van der Waals surface area contributed by atoms with Crippen molar-refractivity contribution >= 4 is 21.7 Å². The van der Waals surface area contributed by atoms with E-state index in [0.29, 0.717) is 17.1 Å². The molecule has 1 N–H and O–H groups in total. The van der Waals surface area contributed by atoms with Crippen LogP contribution in [0.5, 0.6) is 5.75 Å². The van der Waals surface area contributed by atoms with Gasteiger partial charge in [-0.2, -0.15) is 0 Å². The summed E-state index contributed by atoms with van der Waals surface area (Å²) in [5, 5.41) is 0. The number of ether oxygens (including phenoxy) is 2. The number of nitrogens with zero attached hydrogens (tertiary/aromatic N) is 1. The predicted molar refractivity (Wildman–Crippen MR) is 121 cm³/mol. The minimum Gasteiger partial charge on any atom is -0.497 e. The number of hydrogen-bond donors (Lipinski definition) is 1. The van der Waals surface area contributed by atoms with Crippen LogP contribution in [0.25, 0.3) is 11.3 Å². The van der Waals surface area contributed by atoms with E-state index < -0.39 is 16.0 Å². The average molecular weight is 482 g/mol. The smallest absolute Gasteiger partial charge is 0.340 e. The van der Waals surface area contributed by atoms with Crippen molar-refractivity contribution < 1.29 is 31.5 Å². The van der Waals surface area contributed by atoms with Gasteiger partial charge in [0.2, 0.25) is 5.89 Å². The minimum atomic E-state index is -3.96. The first-order valence-corrected chi connectivity index (χ1v) is 11.5. The first-order chi connectivity index (χ1) is 16.4. The van der Waals surface area contributed by atoms with Gasteiger partial charge in [0.05, 0.1) is 29.5 Å². The number of nitrogens with one attached hydrogen (secondary N) is 1. The van der Waals surface area contributed by atoms with E-state index in [2.05, 4.69) is 9.71 Å². The molecule has 0 atom stereocenters. The normalized spacial score (nSPS) is 11.1. The summed E-state index contributed by atoms with van der Waals surface area (Å²) in [6.07, 6.45) is 1.44.